The molecular formula is CCuNiZn. The van der Waals surface area contributed by atoms with Gasteiger partial charge in [0.15, 0.2) is 0 Å². The quantitative estimate of drug-likeness (QED) is 0.485. The van der Waals surface area contributed by atoms with Gasteiger partial charge in [-0.05, 0) is 0 Å². The summed E-state index contributed by atoms with van der Waals surface area (Å²) in [5.41, 5.74) is 0. The Kier molecular flexibility index (Phi) is 259. The zero-order chi connectivity index (χ0) is 0. The van der Waals surface area contributed by atoms with Crippen LogP contribution in [0.2, 0.25) is 0 Å². The predicted octanol–water partition coefficient (Wildman–Crippen LogP) is 0.0738. The second-order valence-electron chi connectivity index (χ2n) is 0. The molecule has 0 atom stereocenters. The molecular weight excluding hydrogens is 200 g/mol. The van der Waals surface area contributed by atoms with Crippen molar-refractivity contribution >= 4 is 0 Å². The van der Waals surface area contributed by atoms with Crippen molar-refractivity contribution < 1.29 is 53.0 Å². The standard InChI is InChI=1S/C.Cu.Ni.Zn. The Bertz CT molecular complexity index is 8.00. The van der Waals surface area contributed by atoms with Crippen LogP contribution in [0.25, 0.3) is 0 Å². The zero-order valence-corrected chi connectivity index (χ0v) is 6.72. The van der Waals surface area contributed by atoms with E-state index in [4.69, 9.17) is 0 Å². The molecule has 3 heteroatoms. The average Bonchev–Trinajstić information content (AvgIpc) is 0. The molecule has 0 unspecified atom stereocenters. The summed E-state index contributed by atoms with van der Waals surface area (Å²) in [7, 11) is 0. The van der Waals surface area contributed by atoms with E-state index < -0.39 is 0 Å². The normalized spacial score (nSPS) is 0. The van der Waals surface area contributed by atoms with E-state index in [1.54, 1.807) is 0 Å². The van der Waals surface area contributed by atoms with Crippen molar-refractivity contribution in [2.45, 2.75) is 0 Å². The predicted molar refractivity (Wildman–Crippen MR) is 3.24 cm³/mol. The van der Waals surface area contributed by atoms with Crippen molar-refractivity contribution in [1.82, 2.24) is 0 Å². The van der Waals surface area contributed by atoms with Crippen molar-refractivity contribution in [3.05, 3.63) is 7.43 Å². The number of rotatable bonds is 0. The fourth-order valence-electron chi connectivity index (χ4n) is 0. The van der Waals surface area contributed by atoms with Gasteiger partial charge in [0.05, 0.1) is 0 Å². The Morgan fingerprint density at radius 2 is 1.00 bits per heavy atom. The third kappa shape index (κ3) is 9.44. The van der Waals surface area contributed by atoms with Gasteiger partial charge in [-0.1, -0.05) is 0 Å². The van der Waals surface area contributed by atoms with E-state index in [9.17, 15) is 0 Å². The molecule has 0 aliphatic rings. The van der Waals surface area contributed by atoms with Crippen LogP contribution < -0.4 is 0 Å². The first kappa shape index (κ1) is 45.2. The van der Waals surface area contributed by atoms with Crippen LogP contribution in [0, 0.1) is 7.43 Å². The second kappa shape index (κ2) is 22.9. The summed E-state index contributed by atoms with van der Waals surface area (Å²) in [6.45, 7) is 0. The zero-order valence-electron chi connectivity index (χ0n) is 1.82. The molecule has 0 spiro atoms. The fourth-order valence-corrected chi connectivity index (χ4v) is 0. The van der Waals surface area contributed by atoms with Gasteiger partial charge in [0.2, 0.25) is 0 Å². The Balaban J connectivity index is 0. The molecule has 27 valence electrons. The first-order valence-electron chi connectivity index (χ1n) is 0. The van der Waals surface area contributed by atoms with Gasteiger partial charge in [0.25, 0.3) is 0 Å². The third-order valence-electron chi connectivity index (χ3n) is 0. The van der Waals surface area contributed by atoms with Gasteiger partial charge in [0.1, 0.15) is 0 Å². The minimum atomic E-state index is 0. The maximum absolute atomic E-state index is 0. The summed E-state index contributed by atoms with van der Waals surface area (Å²) in [5, 5.41) is 0. The summed E-state index contributed by atoms with van der Waals surface area (Å²) >= 11 is 0. The van der Waals surface area contributed by atoms with Crippen LogP contribution in [0.15, 0.2) is 0 Å². The van der Waals surface area contributed by atoms with E-state index in [0.717, 1.165) is 0 Å². The maximum Gasteiger partial charge on any atom is 0 e. The molecule has 0 rings (SSSR count). The topological polar surface area (TPSA) is 0 Å². The Morgan fingerprint density at radius 1 is 1.00 bits per heavy atom. The smallest absolute Gasteiger partial charge is 0 e. The van der Waals surface area contributed by atoms with Gasteiger partial charge in [-0.15, -0.1) is 0 Å². The van der Waals surface area contributed by atoms with Crippen LogP contribution in [0.3, 0.4) is 0 Å². The minimum Gasteiger partial charge on any atom is 0 e. The molecule has 0 heterocycles. The first-order chi connectivity index (χ1) is 0. The van der Waals surface area contributed by atoms with E-state index in [0.29, 0.717) is 0 Å². The number of hydrogen-bond acceptors (Lipinski definition) is 0. The Morgan fingerprint density at radius 3 is 1.00 bits per heavy atom. The largest absolute Gasteiger partial charge is 0 e. The summed E-state index contributed by atoms with van der Waals surface area (Å²) in [5.74, 6) is 0. The van der Waals surface area contributed by atoms with Gasteiger partial charge >= 0.3 is 0 Å². The molecule has 0 aliphatic carbocycles. The van der Waals surface area contributed by atoms with Crippen molar-refractivity contribution in [2.24, 2.45) is 0 Å². The average molecular weight is 200 g/mol. The van der Waals surface area contributed by atoms with E-state index in [1.807, 2.05) is 0 Å². The van der Waals surface area contributed by atoms with Gasteiger partial charge in [-0.3, -0.25) is 0 Å². The van der Waals surface area contributed by atoms with E-state index >= 15 is 0 Å². The van der Waals surface area contributed by atoms with Gasteiger partial charge in [-0.2, -0.15) is 0 Å². The van der Waals surface area contributed by atoms with Gasteiger partial charge in [-0.25, -0.2) is 0 Å². The molecule has 0 N–H and O–H groups in total. The van der Waals surface area contributed by atoms with Gasteiger partial charge in [0, 0.05) is 60.5 Å². The summed E-state index contributed by atoms with van der Waals surface area (Å²) in [6, 6.07) is 0. The Hall–Kier alpha value is 1.64. The fraction of sp³-hybridized carbons (Fsp3) is 0. The summed E-state index contributed by atoms with van der Waals surface area (Å²) < 4.78 is 0. The van der Waals surface area contributed by atoms with Crippen LogP contribution in [-0.2, 0) is 53.0 Å². The molecule has 5 radical (unpaired) electrons. The van der Waals surface area contributed by atoms with Gasteiger partial charge < -0.3 is 0 Å². The molecule has 0 nitrogen and oxygen atoms in total. The van der Waals surface area contributed by atoms with E-state index in [-0.39, 0.29) is 60.5 Å². The third-order valence-corrected chi connectivity index (χ3v) is 0. The molecule has 0 aliphatic heterocycles. The maximum atomic E-state index is 0. The first-order valence-corrected chi connectivity index (χ1v) is 0. The minimum absolute atomic E-state index is 0. The summed E-state index contributed by atoms with van der Waals surface area (Å²) in [4.78, 5) is 0. The molecule has 0 bridgehead atoms. The van der Waals surface area contributed by atoms with Crippen LogP contribution in [0.1, 0.15) is 0 Å². The molecule has 0 aromatic rings. The van der Waals surface area contributed by atoms with Crippen LogP contribution in [0.4, 0.5) is 0 Å². The molecule has 0 fully saturated rings. The molecule has 4 heavy (non-hydrogen) atoms. The van der Waals surface area contributed by atoms with Crippen LogP contribution >= 0.6 is 0 Å². The molecule has 0 saturated heterocycles. The van der Waals surface area contributed by atoms with Crippen molar-refractivity contribution in [2.75, 3.05) is 0 Å². The number of hydrogen-bond donors (Lipinski definition) is 0. The van der Waals surface area contributed by atoms with Crippen molar-refractivity contribution in [3.63, 3.8) is 0 Å². The van der Waals surface area contributed by atoms with E-state index in [2.05, 4.69) is 0 Å². The monoisotopic (exact) mass is 197 g/mol. The van der Waals surface area contributed by atoms with E-state index in [1.165, 1.54) is 0 Å². The SMILES string of the molecule is [C].[Cu].[Ni].[Zn]. The molecule has 0 amide bonds. The molecule has 0 aromatic heterocycles. The molecule has 0 aromatic carbocycles. The molecule has 0 saturated carbocycles. The van der Waals surface area contributed by atoms with Crippen molar-refractivity contribution in [3.8, 4) is 0 Å². The van der Waals surface area contributed by atoms with Crippen molar-refractivity contribution in [1.29, 1.82) is 0 Å². The van der Waals surface area contributed by atoms with Crippen LogP contribution in [-0.4, -0.2) is 0 Å². The second-order valence-corrected chi connectivity index (χ2v) is 0. The Labute approximate surface area is 60.3 Å². The summed E-state index contributed by atoms with van der Waals surface area (Å²) in [6.07, 6.45) is 0. The van der Waals surface area contributed by atoms with Crippen LogP contribution in [0.5, 0.6) is 0 Å².